The van der Waals surface area contributed by atoms with Crippen LogP contribution in [-0.2, 0) is 5.54 Å². The largest absolute Gasteiger partial charge is 0.322 e. The Bertz CT molecular complexity index is 314. The summed E-state index contributed by atoms with van der Waals surface area (Å²) in [5, 5.41) is 0. The van der Waals surface area contributed by atoms with Gasteiger partial charge in [-0.25, -0.2) is 8.78 Å². The van der Waals surface area contributed by atoms with E-state index in [-0.39, 0.29) is 0 Å². The summed E-state index contributed by atoms with van der Waals surface area (Å²) in [4.78, 5) is 0. The molecular weight excluding hydrogens is 196 g/mol. The Morgan fingerprint density at radius 1 is 1.20 bits per heavy atom. The van der Waals surface area contributed by atoms with Gasteiger partial charge in [0.05, 0.1) is 0 Å². The Labute approximate surface area is 89.3 Å². The zero-order valence-corrected chi connectivity index (χ0v) is 9.19. The summed E-state index contributed by atoms with van der Waals surface area (Å²) in [7, 11) is 0. The molecule has 1 nitrogen and oxygen atoms in total. The lowest BCUT2D eigenvalue weighted by molar-refractivity contribution is 0.427. The summed E-state index contributed by atoms with van der Waals surface area (Å²) in [5.74, 6) is -1.14. The van der Waals surface area contributed by atoms with Crippen LogP contribution in [0.2, 0.25) is 0 Å². The molecule has 0 aliphatic carbocycles. The van der Waals surface area contributed by atoms with E-state index in [1.807, 2.05) is 0 Å². The van der Waals surface area contributed by atoms with Gasteiger partial charge in [0.2, 0.25) is 0 Å². The zero-order chi connectivity index (χ0) is 11.5. The second-order valence-corrected chi connectivity index (χ2v) is 4.18. The summed E-state index contributed by atoms with van der Waals surface area (Å²) in [6.07, 6.45) is 2.70. The van der Waals surface area contributed by atoms with E-state index in [4.69, 9.17) is 5.73 Å². The van der Waals surface area contributed by atoms with Crippen molar-refractivity contribution >= 4 is 0 Å². The molecule has 3 heteroatoms. The molecule has 1 rings (SSSR count). The van der Waals surface area contributed by atoms with Crippen LogP contribution in [0.25, 0.3) is 0 Å². The Kier molecular flexibility index (Phi) is 3.80. The van der Waals surface area contributed by atoms with Crippen molar-refractivity contribution in [2.75, 3.05) is 0 Å². The highest BCUT2D eigenvalue weighted by atomic mass is 19.1. The fourth-order valence-corrected chi connectivity index (χ4v) is 1.57. The minimum absolute atomic E-state index is 0.522. The average Bonchev–Trinajstić information content (AvgIpc) is 2.13. The van der Waals surface area contributed by atoms with Crippen molar-refractivity contribution in [2.45, 2.75) is 38.6 Å². The van der Waals surface area contributed by atoms with Crippen LogP contribution in [0.1, 0.15) is 38.7 Å². The molecule has 84 valence electrons. The van der Waals surface area contributed by atoms with Crippen molar-refractivity contribution < 1.29 is 8.78 Å². The molecule has 1 aromatic carbocycles. The fourth-order valence-electron chi connectivity index (χ4n) is 1.57. The van der Waals surface area contributed by atoms with Crippen LogP contribution in [0.5, 0.6) is 0 Å². The second kappa shape index (κ2) is 4.71. The smallest absolute Gasteiger partial charge is 0.126 e. The highest BCUT2D eigenvalue weighted by Gasteiger charge is 2.21. The molecule has 0 aliphatic heterocycles. The normalized spacial score (nSPS) is 15.0. The molecule has 0 amide bonds. The van der Waals surface area contributed by atoms with Crippen LogP contribution in [0.15, 0.2) is 18.2 Å². The topological polar surface area (TPSA) is 26.0 Å². The number of nitrogens with two attached hydrogens (primary N) is 1. The molecule has 2 N–H and O–H groups in total. The molecule has 15 heavy (non-hydrogen) atoms. The number of benzene rings is 1. The van der Waals surface area contributed by atoms with E-state index < -0.39 is 17.2 Å². The van der Waals surface area contributed by atoms with Gasteiger partial charge in [0, 0.05) is 11.6 Å². The molecular formula is C12H17F2N. The van der Waals surface area contributed by atoms with Gasteiger partial charge in [-0.15, -0.1) is 0 Å². The Hall–Kier alpha value is -0.960. The van der Waals surface area contributed by atoms with E-state index in [2.05, 4.69) is 6.92 Å². The van der Waals surface area contributed by atoms with Crippen molar-refractivity contribution in [1.29, 1.82) is 0 Å². The summed E-state index contributed by atoms with van der Waals surface area (Å²) in [5.41, 5.74) is 5.90. The van der Waals surface area contributed by atoms with E-state index in [0.29, 0.717) is 5.56 Å². The highest BCUT2D eigenvalue weighted by Crippen LogP contribution is 2.25. The van der Waals surface area contributed by atoms with Gasteiger partial charge >= 0.3 is 0 Å². The average molecular weight is 213 g/mol. The number of rotatable bonds is 4. The first-order valence-electron chi connectivity index (χ1n) is 5.21. The van der Waals surface area contributed by atoms with Crippen LogP contribution in [0.3, 0.4) is 0 Å². The molecule has 0 heterocycles. The summed E-state index contributed by atoms with van der Waals surface area (Å²) in [6.45, 7) is 3.86. The quantitative estimate of drug-likeness (QED) is 0.815. The van der Waals surface area contributed by atoms with Crippen molar-refractivity contribution in [2.24, 2.45) is 5.73 Å². The Morgan fingerprint density at radius 2 is 1.73 bits per heavy atom. The van der Waals surface area contributed by atoms with Crippen molar-refractivity contribution in [3.05, 3.63) is 35.4 Å². The number of unbranched alkanes of at least 4 members (excludes halogenated alkanes) is 1. The molecule has 1 unspecified atom stereocenters. The van der Waals surface area contributed by atoms with Gasteiger partial charge in [-0.1, -0.05) is 19.8 Å². The van der Waals surface area contributed by atoms with Crippen LogP contribution in [-0.4, -0.2) is 0 Å². The lowest BCUT2D eigenvalue weighted by Crippen LogP contribution is -2.33. The maximum Gasteiger partial charge on any atom is 0.126 e. The minimum Gasteiger partial charge on any atom is -0.322 e. The maximum absolute atomic E-state index is 13.0. The van der Waals surface area contributed by atoms with Crippen molar-refractivity contribution in [1.82, 2.24) is 0 Å². The first kappa shape index (κ1) is 12.1. The molecule has 0 fully saturated rings. The molecule has 1 aromatic rings. The molecule has 0 aromatic heterocycles. The number of hydrogen-bond donors (Lipinski definition) is 1. The van der Waals surface area contributed by atoms with Gasteiger partial charge in [0.1, 0.15) is 11.6 Å². The third-order valence-corrected chi connectivity index (χ3v) is 2.57. The van der Waals surface area contributed by atoms with Crippen LogP contribution < -0.4 is 5.73 Å². The van der Waals surface area contributed by atoms with Crippen LogP contribution in [0, 0.1) is 11.6 Å². The summed E-state index contributed by atoms with van der Waals surface area (Å²) in [6, 6.07) is 3.47. The first-order chi connectivity index (χ1) is 6.95. The third-order valence-electron chi connectivity index (χ3n) is 2.57. The van der Waals surface area contributed by atoms with Crippen molar-refractivity contribution in [3.8, 4) is 0 Å². The van der Waals surface area contributed by atoms with Crippen LogP contribution >= 0.6 is 0 Å². The zero-order valence-electron chi connectivity index (χ0n) is 9.19. The lowest BCUT2D eigenvalue weighted by Gasteiger charge is -2.25. The monoisotopic (exact) mass is 213 g/mol. The molecule has 0 aliphatic rings. The number of halogens is 2. The first-order valence-corrected chi connectivity index (χ1v) is 5.21. The third kappa shape index (κ3) is 3.27. The van der Waals surface area contributed by atoms with Gasteiger partial charge in [0.15, 0.2) is 0 Å². The lowest BCUT2D eigenvalue weighted by atomic mass is 9.88. The van der Waals surface area contributed by atoms with E-state index in [0.717, 1.165) is 25.3 Å². The predicted octanol–water partition coefficient (Wildman–Crippen LogP) is 3.33. The van der Waals surface area contributed by atoms with Gasteiger partial charge in [-0.05, 0) is 31.0 Å². The fraction of sp³-hybridized carbons (Fsp3) is 0.500. The van der Waals surface area contributed by atoms with E-state index >= 15 is 0 Å². The maximum atomic E-state index is 13.0. The molecule has 0 saturated carbocycles. The van der Waals surface area contributed by atoms with E-state index in [9.17, 15) is 8.78 Å². The molecule has 1 atom stereocenters. The molecule has 0 spiro atoms. The Morgan fingerprint density at radius 3 is 2.20 bits per heavy atom. The Balaban J connectivity index is 2.93. The van der Waals surface area contributed by atoms with Gasteiger partial charge < -0.3 is 5.73 Å². The standard InChI is InChI=1S/C12H17F2N/c1-3-4-5-12(2,15)9-6-10(13)8-11(14)7-9/h6-8H,3-5,15H2,1-2H3. The highest BCUT2D eigenvalue weighted by molar-refractivity contribution is 5.24. The van der Waals surface area contributed by atoms with Gasteiger partial charge in [-0.3, -0.25) is 0 Å². The molecule has 0 radical (unpaired) electrons. The summed E-state index contributed by atoms with van der Waals surface area (Å²) >= 11 is 0. The molecule has 0 bridgehead atoms. The van der Waals surface area contributed by atoms with Gasteiger partial charge in [-0.2, -0.15) is 0 Å². The van der Waals surface area contributed by atoms with Crippen LogP contribution in [0.4, 0.5) is 8.78 Å². The SMILES string of the molecule is CCCCC(C)(N)c1cc(F)cc(F)c1. The summed E-state index contributed by atoms with van der Waals surface area (Å²) < 4.78 is 26.0. The van der Waals surface area contributed by atoms with Gasteiger partial charge in [0.25, 0.3) is 0 Å². The molecule has 0 saturated heterocycles. The van der Waals surface area contributed by atoms with E-state index in [1.54, 1.807) is 6.92 Å². The number of hydrogen-bond acceptors (Lipinski definition) is 1. The predicted molar refractivity (Wildman–Crippen MR) is 57.4 cm³/mol. The van der Waals surface area contributed by atoms with Crippen molar-refractivity contribution in [3.63, 3.8) is 0 Å². The minimum atomic E-state index is -0.654. The second-order valence-electron chi connectivity index (χ2n) is 4.18. The van der Waals surface area contributed by atoms with E-state index in [1.165, 1.54) is 12.1 Å².